The first-order valence-electron chi connectivity index (χ1n) is 6.98. The molecule has 0 bridgehead atoms. The molecule has 1 aromatic rings. The number of hydrogen-bond acceptors (Lipinski definition) is 3. The summed E-state index contributed by atoms with van der Waals surface area (Å²) in [5.41, 5.74) is 2.09. The van der Waals surface area contributed by atoms with Gasteiger partial charge in [-0.05, 0) is 37.3 Å². The topological polar surface area (TPSA) is 47.6 Å². The molecule has 0 spiro atoms. The average Bonchev–Trinajstić information content (AvgIpc) is 2.85. The molecule has 2 aliphatic rings. The maximum absolute atomic E-state index is 11.6. The summed E-state index contributed by atoms with van der Waals surface area (Å²) in [4.78, 5) is 11.6. The Balaban J connectivity index is 1.67. The van der Waals surface area contributed by atoms with E-state index in [0.717, 1.165) is 43.7 Å². The number of rotatable bonds is 3. The van der Waals surface area contributed by atoms with Crippen LogP contribution in [0.4, 0.5) is 5.69 Å². The molecule has 0 saturated carbocycles. The van der Waals surface area contributed by atoms with Crippen molar-refractivity contribution in [2.24, 2.45) is 0 Å². The molecule has 102 valence electrons. The Labute approximate surface area is 113 Å². The lowest BCUT2D eigenvalue weighted by Gasteiger charge is -2.13. The van der Waals surface area contributed by atoms with E-state index in [2.05, 4.69) is 5.32 Å². The van der Waals surface area contributed by atoms with E-state index in [1.165, 1.54) is 5.56 Å². The lowest BCUT2D eigenvalue weighted by Crippen LogP contribution is -2.16. The van der Waals surface area contributed by atoms with Crippen molar-refractivity contribution in [2.45, 2.75) is 38.2 Å². The zero-order valence-corrected chi connectivity index (χ0v) is 11.0. The first kappa shape index (κ1) is 12.5. The lowest BCUT2D eigenvalue weighted by atomic mass is 10.1. The van der Waals surface area contributed by atoms with Crippen LogP contribution in [0.25, 0.3) is 0 Å². The molecule has 1 fully saturated rings. The zero-order valence-electron chi connectivity index (χ0n) is 11.0. The molecule has 1 unspecified atom stereocenters. The SMILES string of the molecule is O=C1CCCc2ccc(OCC3CCCO3)cc2N1. The van der Waals surface area contributed by atoms with Crippen molar-refractivity contribution < 1.29 is 14.3 Å². The van der Waals surface area contributed by atoms with Crippen molar-refractivity contribution in [3.63, 3.8) is 0 Å². The minimum absolute atomic E-state index is 0.0926. The number of anilines is 1. The van der Waals surface area contributed by atoms with E-state index in [1.54, 1.807) is 0 Å². The molecule has 2 heterocycles. The van der Waals surface area contributed by atoms with Crippen LogP contribution in [0.3, 0.4) is 0 Å². The maximum Gasteiger partial charge on any atom is 0.224 e. The van der Waals surface area contributed by atoms with Gasteiger partial charge in [-0.2, -0.15) is 0 Å². The molecule has 1 N–H and O–H groups in total. The van der Waals surface area contributed by atoms with Crippen molar-refractivity contribution in [1.29, 1.82) is 0 Å². The third-order valence-electron chi connectivity index (χ3n) is 3.67. The molecule has 19 heavy (non-hydrogen) atoms. The fraction of sp³-hybridized carbons (Fsp3) is 0.533. The molecular formula is C15H19NO3. The van der Waals surface area contributed by atoms with E-state index in [9.17, 15) is 4.79 Å². The number of benzene rings is 1. The predicted octanol–water partition coefficient (Wildman–Crippen LogP) is 2.52. The highest BCUT2D eigenvalue weighted by molar-refractivity contribution is 5.92. The van der Waals surface area contributed by atoms with Crippen LogP contribution in [0.5, 0.6) is 5.75 Å². The first-order valence-corrected chi connectivity index (χ1v) is 6.98. The number of carbonyl (C=O) groups excluding carboxylic acids is 1. The fourth-order valence-corrected chi connectivity index (χ4v) is 2.60. The van der Waals surface area contributed by atoms with Gasteiger partial charge in [0.25, 0.3) is 0 Å². The van der Waals surface area contributed by atoms with Gasteiger partial charge in [-0.15, -0.1) is 0 Å². The fourth-order valence-electron chi connectivity index (χ4n) is 2.60. The van der Waals surface area contributed by atoms with Gasteiger partial charge in [0.2, 0.25) is 5.91 Å². The van der Waals surface area contributed by atoms with Crippen LogP contribution in [0.1, 0.15) is 31.2 Å². The van der Waals surface area contributed by atoms with E-state index in [0.29, 0.717) is 13.0 Å². The standard InChI is InChI=1S/C15H19NO3/c17-15-5-1-3-11-6-7-12(9-14(11)16-15)19-10-13-4-2-8-18-13/h6-7,9,13H,1-5,8,10H2,(H,16,17). The Kier molecular flexibility index (Phi) is 3.69. The van der Waals surface area contributed by atoms with Crippen molar-refractivity contribution >= 4 is 11.6 Å². The average molecular weight is 261 g/mol. The van der Waals surface area contributed by atoms with E-state index in [1.807, 2.05) is 18.2 Å². The molecule has 1 aromatic carbocycles. The van der Waals surface area contributed by atoms with Gasteiger partial charge in [0, 0.05) is 24.8 Å². The molecule has 3 rings (SSSR count). The molecule has 0 aromatic heterocycles. The van der Waals surface area contributed by atoms with E-state index >= 15 is 0 Å². The predicted molar refractivity (Wildman–Crippen MR) is 72.5 cm³/mol. The number of carbonyl (C=O) groups is 1. The molecule has 0 aliphatic carbocycles. The number of nitrogens with one attached hydrogen (secondary N) is 1. The maximum atomic E-state index is 11.6. The summed E-state index contributed by atoms with van der Waals surface area (Å²) >= 11 is 0. The third-order valence-corrected chi connectivity index (χ3v) is 3.67. The zero-order chi connectivity index (χ0) is 13.1. The highest BCUT2D eigenvalue weighted by Gasteiger charge is 2.17. The Hall–Kier alpha value is -1.55. The van der Waals surface area contributed by atoms with Gasteiger partial charge < -0.3 is 14.8 Å². The second-order valence-corrected chi connectivity index (χ2v) is 5.17. The highest BCUT2D eigenvalue weighted by atomic mass is 16.5. The molecule has 4 heteroatoms. The third kappa shape index (κ3) is 3.07. The van der Waals surface area contributed by atoms with Crippen LogP contribution in [-0.4, -0.2) is 25.2 Å². The summed E-state index contributed by atoms with van der Waals surface area (Å²) in [5, 5.41) is 2.94. The van der Waals surface area contributed by atoms with Crippen LogP contribution in [0.15, 0.2) is 18.2 Å². The highest BCUT2D eigenvalue weighted by Crippen LogP contribution is 2.27. The van der Waals surface area contributed by atoms with Crippen molar-refractivity contribution in [1.82, 2.24) is 0 Å². The van der Waals surface area contributed by atoms with E-state index in [4.69, 9.17) is 9.47 Å². The molecule has 1 atom stereocenters. The second kappa shape index (κ2) is 5.61. The summed E-state index contributed by atoms with van der Waals surface area (Å²) in [7, 11) is 0. The van der Waals surface area contributed by atoms with Crippen LogP contribution in [0.2, 0.25) is 0 Å². The molecule has 2 aliphatic heterocycles. The monoisotopic (exact) mass is 261 g/mol. The summed E-state index contributed by atoms with van der Waals surface area (Å²) in [6, 6.07) is 5.95. The Morgan fingerprint density at radius 2 is 2.26 bits per heavy atom. The normalized spacial score (nSPS) is 22.5. The molecule has 4 nitrogen and oxygen atoms in total. The minimum atomic E-state index is 0.0926. The van der Waals surface area contributed by atoms with E-state index < -0.39 is 0 Å². The van der Waals surface area contributed by atoms with Crippen molar-refractivity contribution in [3.8, 4) is 5.75 Å². The van der Waals surface area contributed by atoms with Gasteiger partial charge in [-0.1, -0.05) is 6.07 Å². The minimum Gasteiger partial charge on any atom is -0.491 e. The molecular weight excluding hydrogens is 242 g/mol. The molecule has 0 radical (unpaired) electrons. The number of ether oxygens (including phenoxy) is 2. The largest absolute Gasteiger partial charge is 0.491 e. The first-order chi connectivity index (χ1) is 9.31. The van der Waals surface area contributed by atoms with Gasteiger partial charge in [0.1, 0.15) is 12.4 Å². The van der Waals surface area contributed by atoms with Crippen LogP contribution >= 0.6 is 0 Å². The number of hydrogen-bond donors (Lipinski definition) is 1. The number of aryl methyl sites for hydroxylation is 1. The van der Waals surface area contributed by atoms with Crippen LogP contribution < -0.4 is 10.1 Å². The Bertz CT molecular complexity index is 466. The summed E-state index contributed by atoms with van der Waals surface area (Å²) in [6.07, 6.45) is 4.86. The molecule has 1 amide bonds. The summed E-state index contributed by atoms with van der Waals surface area (Å²) < 4.78 is 11.3. The van der Waals surface area contributed by atoms with Gasteiger partial charge in [-0.25, -0.2) is 0 Å². The van der Waals surface area contributed by atoms with Gasteiger partial charge in [0.05, 0.1) is 6.10 Å². The van der Waals surface area contributed by atoms with Crippen molar-refractivity contribution in [2.75, 3.05) is 18.5 Å². The number of amides is 1. The van der Waals surface area contributed by atoms with Gasteiger partial charge >= 0.3 is 0 Å². The van der Waals surface area contributed by atoms with Crippen LogP contribution in [0, 0.1) is 0 Å². The smallest absolute Gasteiger partial charge is 0.224 e. The quantitative estimate of drug-likeness (QED) is 0.909. The molecule has 1 saturated heterocycles. The Morgan fingerprint density at radius 3 is 3.11 bits per heavy atom. The summed E-state index contributed by atoms with van der Waals surface area (Å²) in [5.74, 6) is 0.895. The van der Waals surface area contributed by atoms with Crippen LogP contribution in [-0.2, 0) is 16.0 Å². The van der Waals surface area contributed by atoms with E-state index in [-0.39, 0.29) is 12.0 Å². The summed E-state index contributed by atoms with van der Waals surface area (Å²) in [6.45, 7) is 1.43. The Morgan fingerprint density at radius 1 is 1.32 bits per heavy atom. The lowest BCUT2D eigenvalue weighted by molar-refractivity contribution is -0.116. The number of fused-ring (bicyclic) bond motifs is 1. The van der Waals surface area contributed by atoms with Crippen molar-refractivity contribution in [3.05, 3.63) is 23.8 Å². The van der Waals surface area contributed by atoms with Gasteiger partial charge in [0.15, 0.2) is 0 Å². The van der Waals surface area contributed by atoms with Gasteiger partial charge in [-0.3, -0.25) is 4.79 Å². The second-order valence-electron chi connectivity index (χ2n) is 5.17.